The minimum Gasteiger partial charge on any atom is -0.477 e. The third-order valence-electron chi connectivity index (χ3n) is 5.61. The molecule has 14 nitrogen and oxygen atoms in total. The normalized spacial score (nSPS) is 19.8. The molecule has 0 aromatic carbocycles. The number of nitrogens with one attached hydrogen (secondary N) is 1. The summed E-state index contributed by atoms with van der Waals surface area (Å²) in [5.41, 5.74) is 7.59. The fourth-order valence-corrected chi connectivity index (χ4v) is 5.80. The number of imidazole rings is 1. The third-order valence-corrected chi connectivity index (χ3v) is 7.49. The van der Waals surface area contributed by atoms with Gasteiger partial charge in [-0.2, -0.15) is 9.36 Å². The Hall–Kier alpha value is -4.05. The van der Waals surface area contributed by atoms with E-state index in [2.05, 4.69) is 24.9 Å². The number of carbonyl (C=O) groups excluding carboxylic acids is 2. The number of nitrogen functional groups attached to an aromatic ring is 1. The number of fused-ring (bicyclic) bond motifs is 2. The predicted octanol–water partition coefficient (Wildman–Crippen LogP) is -0.847. The molecule has 36 heavy (non-hydrogen) atoms. The van der Waals surface area contributed by atoms with E-state index in [0.717, 1.165) is 22.7 Å². The van der Waals surface area contributed by atoms with Crippen molar-refractivity contribution < 1.29 is 28.9 Å². The van der Waals surface area contributed by atoms with Crippen LogP contribution in [-0.4, -0.2) is 76.8 Å². The predicted molar refractivity (Wildman–Crippen MR) is 128 cm³/mol. The van der Waals surface area contributed by atoms with Crippen LogP contribution in [0, 0.1) is 6.92 Å². The summed E-state index contributed by atoms with van der Waals surface area (Å²) in [5.74, 6) is -2.17. The average Bonchev–Trinajstić information content (AvgIpc) is 3.46. The summed E-state index contributed by atoms with van der Waals surface area (Å²) in [7, 11) is 1.26. The quantitative estimate of drug-likeness (QED) is 0.151. The van der Waals surface area contributed by atoms with Crippen LogP contribution in [-0.2, 0) is 25.8 Å². The summed E-state index contributed by atoms with van der Waals surface area (Å²) in [6, 6.07) is 0.989. The summed E-state index contributed by atoms with van der Waals surface area (Å²) in [4.78, 5) is 48.0. The monoisotopic (exact) mass is 530 g/mol. The van der Waals surface area contributed by atoms with Gasteiger partial charge in [-0.1, -0.05) is 10.3 Å². The van der Waals surface area contributed by atoms with E-state index < -0.39 is 29.2 Å². The van der Waals surface area contributed by atoms with Gasteiger partial charge in [-0.3, -0.25) is 14.5 Å². The second-order valence-electron chi connectivity index (χ2n) is 7.96. The fraction of sp³-hybridized carbons (Fsp3) is 0.300. The van der Waals surface area contributed by atoms with Crippen LogP contribution in [0.25, 0.3) is 5.65 Å². The van der Waals surface area contributed by atoms with E-state index in [1.54, 1.807) is 16.9 Å². The van der Waals surface area contributed by atoms with Crippen molar-refractivity contribution in [3.63, 3.8) is 0 Å². The molecule has 5 rings (SSSR count). The lowest BCUT2D eigenvalue weighted by Crippen LogP contribution is -2.71. The number of aryl methyl sites for hydroxylation is 1. The summed E-state index contributed by atoms with van der Waals surface area (Å²) in [5, 5.41) is 20.1. The van der Waals surface area contributed by atoms with E-state index in [1.165, 1.54) is 23.8 Å². The second-order valence-corrected chi connectivity index (χ2v) is 9.85. The van der Waals surface area contributed by atoms with Crippen molar-refractivity contribution in [1.82, 2.24) is 29.2 Å². The van der Waals surface area contributed by atoms with Crippen molar-refractivity contribution in [3.05, 3.63) is 47.3 Å². The van der Waals surface area contributed by atoms with Crippen molar-refractivity contribution in [2.24, 2.45) is 5.16 Å². The minimum absolute atomic E-state index is 0.0354. The molecular formula is C20H20N9O5S2+. The molecule has 2 aliphatic rings. The number of aliphatic carboxylic acids is 1. The number of oxime groups is 1. The number of carboxylic acid groups (broad SMARTS) is 1. The minimum atomic E-state index is -1.21. The van der Waals surface area contributed by atoms with Gasteiger partial charge in [-0.25, -0.2) is 9.36 Å². The van der Waals surface area contributed by atoms with Gasteiger partial charge in [0, 0.05) is 28.9 Å². The third kappa shape index (κ3) is 4.03. The van der Waals surface area contributed by atoms with Gasteiger partial charge in [0.2, 0.25) is 11.5 Å². The van der Waals surface area contributed by atoms with Gasteiger partial charge in [-0.05, 0) is 12.5 Å². The maximum atomic E-state index is 13.0. The zero-order chi connectivity index (χ0) is 25.6. The number of carbonyl (C=O) groups is 3. The number of amides is 2. The highest BCUT2D eigenvalue weighted by Gasteiger charge is 2.54. The van der Waals surface area contributed by atoms with E-state index in [-0.39, 0.29) is 28.9 Å². The zero-order valence-corrected chi connectivity index (χ0v) is 20.6. The van der Waals surface area contributed by atoms with E-state index in [1.807, 2.05) is 23.8 Å². The summed E-state index contributed by atoms with van der Waals surface area (Å²) >= 11 is 2.25. The Kier molecular flexibility index (Phi) is 6.05. The zero-order valence-electron chi connectivity index (χ0n) is 19.0. The van der Waals surface area contributed by atoms with Crippen molar-refractivity contribution in [3.8, 4) is 0 Å². The largest absolute Gasteiger partial charge is 0.477 e. The molecule has 0 spiro atoms. The van der Waals surface area contributed by atoms with Crippen LogP contribution < -0.4 is 15.6 Å². The molecule has 16 heteroatoms. The number of anilines is 1. The molecule has 0 unspecified atom stereocenters. The first-order valence-corrected chi connectivity index (χ1v) is 12.4. The Balaban J connectivity index is 1.38. The molecule has 1 fully saturated rings. The van der Waals surface area contributed by atoms with Crippen LogP contribution in [0.1, 0.15) is 11.4 Å². The van der Waals surface area contributed by atoms with Gasteiger partial charge in [0.1, 0.15) is 37.0 Å². The molecule has 0 radical (unpaired) electrons. The second kappa shape index (κ2) is 9.19. The van der Waals surface area contributed by atoms with Crippen molar-refractivity contribution in [1.29, 1.82) is 0 Å². The number of aromatic nitrogens is 5. The summed E-state index contributed by atoms with van der Waals surface area (Å²) in [6.07, 6.45) is 5.32. The van der Waals surface area contributed by atoms with Crippen molar-refractivity contribution in [2.75, 3.05) is 18.6 Å². The highest BCUT2D eigenvalue weighted by Crippen LogP contribution is 2.40. The number of rotatable bonds is 7. The van der Waals surface area contributed by atoms with Gasteiger partial charge in [0.25, 0.3) is 11.8 Å². The lowest BCUT2D eigenvalue weighted by molar-refractivity contribution is -0.662. The number of β-lactam (4-membered cyclic amide) rings is 1. The van der Waals surface area contributed by atoms with Crippen molar-refractivity contribution >= 4 is 57.6 Å². The van der Waals surface area contributed by atoms with Gasteiger partial charge in [0.05, 0.1) is 6.20 Å². The van der Waals surface area contributed by atoms with Crippen molar-refractivity contribution in [2.45, 2.75) is 24.9 Å². The Labute approximate surface area is 211 Å². The number of carboxylic acids is 1. The first-order valence-electron chi connectivity index (χ1n) is 10.5. The van der Waals surface area contributed by atoms with Crippen LogP contribution in [0.5, 0.6) is 0 Å². The molecule has 0 aliphatic carbocycles. The Morgan fingerprint density at radius 2 is 2.25 bits per heavy atom. The van der Waals surface area contributed by atoms with Gasteiger partial charge in [0.15, 0.2) is 11.3 Å². The number of hydrogen-bond donors (Lipinski definition) is 3. The average molecular weight is 531 g/mol. The topological polar surface area (TPSA) is 181 Å². The molecule has 0 bridgehead atoms. The molecule has 186 valence electrons. The molecule has 1 saturated heterocycles. The Bertz CT molecular complexity index is 1460. The maximum Gasteiger partial charge on any atom is 0.352 e. The lowest BCUT2D eigenvalue weighted by Gasteiger charge is -2.49. The van der Waals surface area contributed by atoms with Gasteiger partial charge in [-0.15, -0.1) is 16.3 Å². The lowest BCUT2D eigenvalue weighted by atomic mass is 10.0. The van der Waals surface area contributed by atoms with E-state index in [0.29, 0.717) is 11.3 Å². The highest BCUT2D eigenvalue weighted by atomic mass is 32.2. The molecule has 3 aromatic heterocycles. The van der Waals surface area contributed by atoms with Gasteiger partial charge < -0.3 is 21.0 Å². The van der Waals surface area contributed by atoms with Crippen LogP contribution in [0.4, 0.5) is 5.13 Å². The molecular weight excluding hydrogens is 510 g/mol. The Morgan fingerprint density at radius 1 is 1.44 bits per heavy atom. The number of thioether (sulfide) groups is 1. The summed E-state index contributed by atoms with van der Waals surface area (Å²) in [6.45, 7) is 2.19. The van der Waals surface area contributed by atoms with Crippen LogP contribution in [0.2, 0.25) is 0 Å². The van der Waals surface area contributed by atoms with Crippen LogP contribution in [0.3, 0.4) is 0 Å². The Morgan fingerprint density at radius 3 is 2.94 bits per heavy atom. The standard InChI is InChI=1S/C20H19N9O5S2/c1-9-5-11-27(3-4-28(11)22-6-9)7-10-8-35-18-13(17(31)29(18)14(10)19(32)33)23-16(30)12(25-34-2)15-24-20(21)36-26-15/h3-6,13,18H,7-8H2,1-2H3,(H3-,21,23,24,26,30,32,33)/p+1/b25-12-/t13-,18-/m1/s1. The summed E-state index contributed by atoms with van der Waals surface area (Å²) < 4.78 is 7.52. The van der Waals surface area contributed by atoms with Crippen LogP contribution >= 0.6 is 23.3 Å². The van der Waals surface area contributed by atoms with Crippen LogP contribution in [0.15, 0.2) is 41.1 Å². The van der Waals surface area contributed by atoms with E-state index in [4.69, 9.17) is 10.6 Å². The number of nitrogens with zero attached hydrogens (tertiary/aromatic N) is 7. The first-order chi connectivity index (χ1) is 17.3. The molecule has 4 N–H and O–H groups in total. The number of nitrogens with two attached hydrogens (primary N) is 1. The molecule has 2 atom stereocenters. The number of hydrogen-bond acceptors (Lipinski definition) is 11. The first kappa shape index (κ1) is 23.7. The van der Waals surface area contributed by atoms with E-state index >= 15 is 0 Å². The highest BCUT2D eigenvalue weighted by molar-refractivity contribution is 8.00. The molecule has 0 saturated carbocycles. The smallest absolute Gasteiger partial charge is 0.352 e. The molecule has 3 aromatic rings. The van der Waals surface area contributed by atoms with E-state index in [9.17, 15) is 19.5 Å². The fourth-order valence-electron chi connectivity index (χ4n) is 4.03. The molecule has 2 amide bonds. The maximum absolute atomic E-state index is 13.0. The van der Waals surface area contributed by atoms with Gasteiger partial charge >= 0.3 is 11.6 Å². The molecule has 2 aliphatic heterocycles. The SMILES string of the molecule is CO/N=C(\C(=O)N[C@@H]1C(=O)N2C(C(=O)O)=C(C[n+]3ccn4ncc(C)cc43)CS[C@H]12)c1nsc(N)n1. The molecule has 5 heterocycles.